The van der Waals surface area contributed by atoms with E-state index in [-0.39, 0.29) is 11.6 Å². The molecular formula is C104H71N6O3P. The standard InChI is InChI=1S/C38H27N2OP.2C33H22N2O/c41-42(30-16-6-2-7-17-30,31-18-8-3-9-19-31)32-20-12-15-29(27-32)39-26-25-35-36(39)24-23-34-33-21-10-11-22-37(33)40(38(34)35)28-13-4-1-5-14-28;36-33(23-10-3-1-4-11-23)24-12-9-15-26(22-24)34-21-20-29-30(34)19-18-28-27-16-7-8-17-31(27)35(32(28)29)25-13-5-2-6-14-25;36-33(23-9-3-1-4-10-23)24-15-17-25(18-16-24)34-22-21-29-30(34)20-19-28-27-13-7-8-14-31(27)35(32(28)29)26-11-5-2-6-12-26/h1-27H;2*1-22H. The van der Waals surface area contributed by atoms with Gasteiger partial charge in [0.05, 0.1) is 49.7 Å². The zero-order valence-corrected chi connectivity index (χ0v) is 62.7. The van der Waals surface area contributed by atoms with Gasteiger partial charge in [-0.1, -0.05) is 273 Å². The summed E-state index contributed by atoms with van der Waals surface area (Å²) >= 11 is 0. The number of carbonyl (C=O) groups excluding carboxylic acids is 2. The van der Waals surface area contributed by atoms with Crippen LogP contribution in [0.4, 0.5) is 0 Å². The van der Waals surface area contributed by atoms with Gasteiger partial charge in [0, 0.05) is 139 Å². The Bertz CT molecular complexity index is 7410. The molecule has 22 rings (SSSR count). The van der Waals surface area contributed by atoms with Gasteiger partial charge in [-0.3, -0.25) is 9.59 Å². The van der Waals surface area contributed by atoms with E-state index in [9.17, 15) is 9.59 Å². The average molecular weight is 1480 g/mol. The van der Waals surface area contributed by atoms with Crippen LogP contribution in [-0.2, 0) is 4.57 Å². The molecule has 0 bridgehead atoms. The number of nitrogens with zero attached hydrogens (tertiary/aromatic N) is 6. The number of fused-ring (bicyclic) bond motifs is 15. The second-order valence-electron chi connectivity index (χ2n) is 28.6. The Labute approximate surface area is 657 Å². The summed E-state index contributed by atoms with van der Waals surface area (Å²) in [6.45, 7) is 0. The third-order valence-corrected chi connectivity index (χ3v) is 25.2. The fraction of sp³-hybridized carbons (Fsp3) is 0. The van der Waals surface area contributed by atoms with Crippen LogP contribution < -0.4 is 15.9 Å². The molecule has 0 spiro atoms. The Morgan fingerprint density at radius 1 is 0.193 bits per heavy atom. The van der Waals surface area contributed by atoms with E-state index in [2.05, 4.69) is 277 Å². The number of carbonyl (C=O) groups is 2. The third-order valence-electron chi connectivity index (χ3n) is 22.1. The Morgan fingerprint density at radius 3 is 0.877 bits per heavy atom. The molecule has 0 unspecified atom stereocenters. The van der Waals surface area contributed by atoms with Crippen molar-refractivity contribution in [3.8, 4) is 34.1 Å². The van der Waals surface area contributed by atoms with E-state index in [0.717, 1.165) is 66.6 Å². The van der Waals surface area contributed by atoms with Gasteiger partial charge in [-0.25, -0.2) is 0 Å². The van der Waals surface area contributed by atoms with Crippen molar-refractivity contribution >= 4 is 133 Å². The second kappa shape index (κ2) is 28.8. The van der Waals surface area contributed by atoms with Crippen LogP contribution in [0.15, 0.2) is 431 Å². The molecule has 0 saturated carbocycles. The normalized spacial score (nSPS) is 11.6. The van der Waals surface area contributed by atoms with Crippen molar-refractivity contribution in [1.82, 2.24) is 27.4 Å². The van der Waals surface area contributed by atoms with Gasteiger partial charge in [0.2, 0.25) is 0 Å². The van der Waals surface area contributed by atoms with Gasteiger partial charge in [0.25, 0.3) is 0 Å². The summed E-state index contributed by atoms with van der Waals surface area (Å²) in [7, 11) is -3.09. The first-order valence-corrected chi connectivity index (χ1v) is 40.0. The largest absolute Gasteiger partial charge is 0.316 e. The molecule has 0 amide bonds. The molecule has 0 N–H and O–H groups in total. The van der Waals surface area contributed by atoms with E-state index >= 15 is 4.57 Å². The molecule has 0 saturated heterocycles. The molecule has 0 radical (unpaired) electrons. The summed E-state index contributed by atoms with van der Waals surface area (Å²) in [5.41, 5.74) is 19.7. The fourth-order valence-corrected chi connectivity index (χ4v) is 19.6. The first-order chi connectivity index (χ1) is 56.3. The lowest BCUT2D eigenvalue weighted by molar-refractivity contribution is 0.103. The summed E-state index contributed by atoms with van der Waals surface area (Å²) in [6.07, 6.45) is 6.35. The first kappa shape index (κ1) is 68.4. The van der Waals surface area contributed by atoms with Crippen LogP contribution in [0.5, 0.6) is 0 Å². The number of hydrogen-bond acceptors (Lipinski definition) is 3. The molecule has 10 heteroatoms. The van der Waals surface area contributed by atoms with Crippen LogP contribution in [0.3, 0.4) is 0 Å². The summed E-state index contributed by atoms with van der Waals surface area (Å²) in [4.78, 5) is 25.9. The monoisotopic (exact) mass is 1480 g/mol. The number of hydrogen-bond donors (Lipinski definition) is 0. The molecule has 6 heterocycles. The molecule has 0 aliphatic carbocycles. The van der Waals surface area contributed by atoms with E-state index in [0.29, 0.717) is 22.3 Å². The maximum absolute atomic E-state index is 15.1. The molecule has 0 aliphatic rings. The first-order valence-electron chi connectivity index (χ1n) is 38.3. The lowest BCUT2D eigenvalue weighted by Crippen LogP contribution is -2.25. The Morgan fingerprint density at radius 2 is 0.482 bits per heavy atom. The molecule has 540 valence electrons. The number of para-hydroxylation sites is 6. The van der Waals surface area contributed by atoms with Gasteiger partial charge in [-0.15, -0.1) is 0 Å². The van der Waals surface area contributed by atoms with Crippen LogP contribution in [0.25, 0.3) is 132 Å². The smallest absolute Gasteiger partial charge is 0.193 e. The topological polar surface area (TPSA) is 80.8 Å². The van der Waals surface area contributed by atoms with Crippen molar-refractivity contribution in [2.75, 3.05) is 0 Å². The van der Waals surface area contributed by atoms with E-state index in [1.807, 2.05) is 182 Å². The molecule has 9 nitrogen and oxygen atoms in total. The maximum atomic E-state index is 15.1. The van der Waals surface area contributed by atoms with Gasteiger partial charge >= 0.3 is 0 Å². The Balaban J connectivity index is 0.000000111. The van der Waals surface area contributed by atoms with Crippen molar-refractivity contribution in [3.63, 3.8) is 0 Å². The maximum Gasteiger partial charge on any atom is 0.193 e. The van der Waals surface area contributed by atoms with Crippen molar-refractivity contribution in [3.05, 3.63) is 453 Å². The van der Waals surface area contributed by atoms with E-state index < -0.39 is 7.14 Å². The molecule has 114 heavy (non-hydrogen) atoms. The second-order valence-corrected chi connectivity index (χ2v) is 31.4. The zero-order valence-electron chi connectivity index (χ0n) is 61.8. The minimum absolute atomic E-state index is 0.0282. The quantitative estimate of drug-likeness (QED) is 0.0852. The fourth-order valence-electron chi connectivity index (χ4n) is 16.9. The lowest BCUT2D eigenvalue weighted by Gasteiger charge is -2.21. The van der Waals surface area contributed by atoms with Crippen LogP contribution in [0, 0.1) is 0 Å². The number of aromatic nitrogens is 6. The van der Waals surface area contributed by atoms with Gasteiger partial charge in [0.15, 0.2) is 18.7 Å². The highest BCUT2D eigenvalue weighted by Gasteiger charge is 2.31. The number of ketones is 2. The van der Waals surface area contributed by atoms with Crippen LogP contribution in [0.1, 0.15) is 31.8 Å². The summed E-state index contributed by atoms with van der Waals surface area (Å²) in [6, 6.07) is 140. The minimum Gasteiger partial charge on any atom is -0.316 e. The molecular weight excluding hydrogens is 1410 g/mol. The molecule has 22 aromatic rings. The molecule has 0 atom stereocenters. The van der Waals surface area contributed by atoms with Crippen LogP contribution >= 0.6 is 7.14 Å². The highest BCUT2D eigenvalue weighted by atomic mass is 31.2. The predicted molar refractivity (Wildman–Crippen MR) is 472 cm³/mol. The summed E-state index contributed by atoms with van der Waals surface area (Å²) in [5, 5.41) is 13.4. The summed E-state index contributed by atoms with van der Waals surface area (Å²) in [5.74, 6) is 0.0640. The van der Waals surface area contributed by atoms with Crippen molar-refractivity contribution in [2.45, 2.75) is 0 Å². The van der Waals surface area contributed by atoms with E-state index in [4.69, 9.17) is 0 Å². The minimum atomic E-state index is -3.09. The van der Waals surface area contributed by atoms with E-state index in [1.54, 1.807) is 0 Å². The van der Waals surface area contributed by atoms with Gasteiger partial charge in [-0.05, 0) is 140 Å². The number of rotatable bonds is 13. The summed E-state index contributed by atoms with van der Waals surface area (Å²) < 4.78 is 28.7. The van der Waals surface area contributed by atoms with Crippen molar-refractivity contribution in [2.24, 2.45) is 0 Å². The van der Waals surface area contributed by atoms with Crippen LogP contribution in [0.2, 0.25) is 0 Å². The zero-order chi connectivity index (χ0) is 76.2. The highest BCUT2D eigenvalue weighted by molar-refractivity contribution is 7.85. The lowest BCUT2D eigenvalue weighted by atomic mass is 10.0. The van der Waals surface area contributed by atoms with E-state index in [1.165, 1.54) is 81.6 Å². The molecule has 16 aromatic carbocycles. The molecule has 6 aromatic heterocycles. The number of benzene rings is 16. The van der Waals surface area contributed by atoms with Crippen LogP contribution in [-0.4, -0.2) is 39.0 Å². The molecule has 0 fully saturated rings. The highest BCUT2D eigenvalue weighted by Crippen LogP contribution is 2.45. The average Bonchev–Trinajstić information content (AvgIpc) is 1.57. The molecule has 0 aliphatic heterocycles. The van der Waals surface area contributed by atoms with Gasteiger partial charge in [-0.2, -0.15) is 0 Å². The van der Waals surface area contributed by atoms with Gasteiger partial charge < -0.3 is 32.0 Å². The van der Waals surface area contributed by atoms with Gasteiger partial charge in [0.1, 0.15) is 0 Å². The predicted octanol–water partition coefficient (Wildman–Crippen LogP) is 24.3. The SMILES string of the molecule is O=C(c1ccccc1)c1ccc(-n2ccc3c2ccc2c4ccccc4n(-c4ccccc4)c23)cc1.O=C(c1ccccc1)c1cccc(-n2ccc3c2ccc2c4ccccc4n(-c4ccccc4)c23)c1.O=P(c1ccccc1)(c1ccccc1)c1cccc(-n2ccc3c2ccc2c4ccccc4n(-c4ccccc4)c23)c1. The Kier molecular flexibility index (Phi) is 17.3. The third kappa shape index (κ3) is 11.8. The van der Waals surface area contributed by atoms with Crippen molar-refractivity contribution < 1.29 is 14.2 Å². The van der Waals surface area contributed by atoms with Crippen molar-refractivity contribution in [1.29, 1.82) is 0 Å². The Hall–Kier alpha value is -14.9.